The summed E-state index contributed by atoms with van der Waals surface area (Å²) >= 11 is 0. The van der Waals surface area contributed by atoms with E-state index in [1.165, 1.54) is 18.4 Å². The topological polar surface area (TPSA) is 116 Å². The molecule has 0 saturated carbocycles. The van der Waals surface area contributed by atoms with Gasteiger partial charge in [-0.1, -0.05) is 6.07 Å². The van der Waals surface area contributed by atoms with Gasteiger partial charge in [0.05, 0.1) is 28.3 Å². The minimum absolute atomic E-state index is 0.0510. The molecule has 6 aromatic rings. The van der Waals surface area contributed by atoms with Crippen molar-refractivity contribution < 1.29 is 12.8 Å². The molecule has 0 amide bonds. The van der Waals surface area contributed by atoms with Crippen LogP contribution in [-0.4, -0.2) is 51.6 Å². The standard InChI is InChI=1S/C31H29FN6O2S/c1-18(2)35-24-13-22(16-33-17-24)20-4-5-28-25(14-20)31(38-37-28)29-15-26-27(36-29)6-8-34-30(26)21-10-19(11-23(32)12-21)7-9-41(3,39)40/h4-6,8,10-18,35-36H,7,9H2,1-3H3,(H,37,38). The predicted molar refractivity (Wildman–Crippen MR) is 162 cm³/mol. The maximum atomic E-state index is 14.6. The predicted octanol–water partition coefficient (Wildman–Crippen LogP) is 6.38. The molecule has 0 unspecified atom stereocenters. The van der Waals surface area contributed by atoms with Crippen LogP contribution in [0, 0.1) is 5.82 Å². The summed E-state index contributed by atoms with van der Waals surface area (Å²) in [6, 6.07) is 16.9. The van der Waals surface area contributed by atoms with E-state index in [9.17, 15) is 12.8 Å². The monoisotopic (exact) mass is 568 g/mol. The zero-order valence-electron chi connectivity index (χ0n) is 22.9. The number of sulfone groups is 1. The van der Waals surface area contributed by atoms with E-state index in [0.717, 1.165) is 50.0 Å². The number of aromatic amines is 2. The number of nitrogens with one attached hydrogen (secondary N) is 3. The molecule has 0 bridgehead atoms. The lowest BCUT2D eigenvalue weighted by Crippen LogP contribution is -2.09. The van der Waals surface area contributed by atoms with Crippen LogP contribution in [-0.2, 0) is 16.3 Å². The molecular weight excluding hydrogens is 539 g/mol. The van der Waals surface area contributed by atoms with Crippen molar-refractivity contribution in [3.8, 4) is 33.8 Å². The van der Waals surface area contributed by atoms with Crippen molar-refractivity contribution in [2.24, 2.45) is 0 Å². The van der Waals surface area contributed by atoms with E-state index >= 15 is 0 Å². The summed E-state index contributed by atoms with van der Waals surface area (Å²) in [5.74, 6) is -0.487. The Hall–Kier alpha value is -4.57. The van der Waals surface area contributed by atoms with Gasteiger partial charge in [0.2, 0.25) is 0 Å². The minimum atomic E-state index is -3.17. The lowest BCUT2D eigenvalue weighted by Gasteiger charge is -2.11. The van der Waals surface area contributed by atoms with Gasteiger partial charge in [0.25, 0.3) is 0 Å². The molecule has 0 fully saturated rings. The van der Waals surface area contributed by atoms with Crippen molar-refractivity contribution in [2.45, 2.75) is 26.3 Å². The Balaban J connectivity index is 1.40. The molecule has 4 heterocycles. The number of hydrogen-bond donors (Lipinski definition) is 3. The van der Waals surface area contributed by atoms with E-state index in [1.54, 1.807) is 12.3 Å². The SMILES string of the molecule is CC(C)Nc1cncc(-c2ccc3[nH]nc(-c4cc5c(-c6cc(F)cc(CCS(C)(=O)=O)c6)nccc5[nH]4)c3c2)c1. The number of pyridine rings is 2. The summed E-state index contributed by atoms with van der Waals surface area (Å²) in [5.41, 5.74) is 8.02. The Labute approximate surface area is 237 Å². The van der Waals surface area contributed by atoms with Crippen LogP contribution in [0.3, 0.4) is 0 Å². The number of anilines is 1. The quantitative estimate of drug-likeness (QED) is 0.196. The van der Waals surface area contributed by atoms with Crippen molar-refractivity contribution in [2.75, 3.05) is 17.3 Å². The summed E-state index contributed by atoms with van der Waals surface area (Å²) in [5, 5.41) is 12.9. The van der Waals surface area contributed by atoms with Gasteiger partial charge in [0, 0.05) is 58.3 Å². The van der Waals surface area contributed by atoms with Crippen molar-refractivity contribution >= 4 is 37.3 Å². The highest BCUT2D eigenvalue weighted by Crippen LogP contribution is 2.35. The largest absolute Gasteiger partial charge is 0.382 e. The van der Waals surface area contributed by atoms with Gasteiger partial charge in [-0.15, -0.1) is 0 Å². The molecule has 0 aliphatic rings. The van der Waals surface area contributed by atoms with Gasteiger partial charge in [-0.3, -0.25) is 15.1 Å². The Morgan fingerprint density at radius 3 is 2.54 bits per heavy atom. The Morgan fingerprint density at radius 1 is 0.902 bits per heavy atom. The smallest absolute Gasteiger partial charge is 0.147 e. The third-order valence-corrected chi connectivity index (χ3v) is 7.83. The molecule has 0 atom stereocenters. The lowest BCUT2D eigenvalue weighted by molar-refractivity contribution is 0.600. The van der Waals surface area contributed by atoms with Crippen molar-refractivity contribution in [1.29, 1.82) is 0 Å². The molecule has 0 radical (unpaired) electrons. The molecule has 4 aromatic heterocycles. The highest BCUT2D eigenvalue weighted by Gasteiger charge is 2.16. The summed E-state index contributed by atoms with van der Waals surface area (Å²) in [7, 11) is -3.17. The van der Waals surface area contributed by atoms with Crippen LogP contribution in [0.5, 0.6) is 0 Å². The van der Waals surface area contributed by atoms with Gasteiger partial charge in [-0.25, -0.2) is 12.8 Å². The van der Waals surface area contributed by atoms with Gasteiger partial charge >= 0.3 is 0 Å². The van der Waals surface area contributed by atoms with Crippen molar-refractivity contribution in [3.63, 3.8) is 0 Å². The first kappa shape index (κ1) is 26.6. The van der Waals surface area contributed by atoms with Crippen molar-refractivity contribution in [3.05, 3.63) is 84.6 Å². The fraction of sp³-hybridized carbons (Fsp3) is 0.194. The van der Waals surface area contributed by atoms with E-state index in [-0.39, 0.29) is 12.2 Å². The van der Waals surface area contributed by atoms with Crippen LogP contribution in [0.4, 0.5) is 10.1 Å². The first-order chi connectivity index (χ1) is 19.6. The summed E-state index contributed by atoms with van der Waals surface area (Å²) in [6.07, 6.45) is 6.73. The van der Waals surface area contributed by atoms with Crippen LogP contribution >= 0.6 is 0 Å². The molecule has 3 N–H and O–H groups in total. The molecular formula is C31H29FN6O2S. The Kier molecular flexibility index (Phi) is 6.78. The number of benzene rings is 2. The fourth-order valence-corrected chi connectivity index (χ4v) is 5.66. The van der Waals surface area contributed by atoms with E-state index in [1.807, 2.05) is 36.7 Å². The van der Waals surface area contributed by atoms with Gasteiger partial charge in [-0.2, -0.15) is 5.10 Å². The van der Waals surface area contributed by atoms with E-state index < -0.39 is 15.7 Å². The van der Waals surface area contributed by atoms with Crippen LogP contribution in [0.1, 0.15) is 19.4 Å². The van der Waals surface area contributed by atoms with E-state index in [4.69, 9.17) is 0 Å². The highest BCUT2D eigenvalue weighted by molar-refractivity contribution is 7.90. The average Bonchev–Trinajstić information content (AvgIpc) is 3.54. The molecule has 0 saturated heterocycles. The van der Waals surface area contributed by atoms with Gasteiger partial charge in [0.15, 0.2) is 0 Å². The molecule has 10 heteroatoms. The van der Waals surface area contributed by atoms with Crippen LogP contribution in [0.2, 0.25) is 0 Å². The third kappa shape index (κ3) is 5.69. The number of halogens is 1. The first-order valence-corrected chi connectivity index (χ1v) is 15.3. The average molecular weight is 569 g/mol. The molecule has 8 nitrogen and oxygen atoms in total. The lowest BCUT2D eigenvalue weighted by atomic mass is 10.0. The second kappa shape index (κ2) is 10.4. The van der Waals surface area contributed by atoms with Crippen LogP contribution < -0.4 is 5.32 Å². The molecule has 2 aromatic carbocycles. The van der Waals surface area contributed by atoms with Crippen LogP contribution in [0.15, 0.2) is 73.2 Å². The van der Waals surface area contributed by atoms with Crippen molar-refractivity contribution in [1.82, 2.24) is 25.1 Å². The number of aromatic nitrogens is 5. The Morgan fingerprint density at radius 2 is 1.73 bits per heavy atom. The zero-order chi connectivity index (χ0) is 28.7. The van der Waals surface area contributed by atoms with E-state index in [2.05, 4.69) is 56.4 Å². The molecule has 0 aliphatic heterocycles. The molecule has 208 valence electrons. The summed E-state index contributed by atoms with van der Waals surface area (Å²) < 4.78 is 37.9. The van der Waals surface area contributed by atoms with Gasteiger partial charge < -0.3 is 10.3 Å². The maximum absolute atomic E-state index is 14.6. The molecule has 41 heavy (non-hydrogen) atoms. The highest BCUT2D eigenvalue weighted by atomic mass is 32.2. The van der Waals surface area contributed by atoms with E-state index in [0.29, 0.717) is 22.9 Å². The second-order valence-electron chi connectivity index (χ2n) is 10.6. The zero-order valence-corrected chi connectivity index (χ0v) is 23.7. The number of nitrogens with zero attached hydrogens (tertiary/aromatic N) is 3. The van der Waals surface area contributed by atoms with Gasteiger partial charge in [-0.05, 0) is 79.9 Å². The number of fused-ring (bicyclic) bond motifs is 2. The third-order valence-electron chi connectivity index (χ3n) is 6.89. The number of hydrogen-bond acceptors (Lipinski definition) is 6. The summed E-state index contributed by atoms with van der Waals surface area (Å²) in [6.45, 7) is 4.17. The fourth-order valence-electron chi connectivity index (χ4n) is 5.06. The minimum Gasteiger partial charge on any atom is -0.382 e. The number of rotatable bonds is 8. The van der Waals surface area contributed by atoms with Gasteiger partial charge in [0.1, 0.15) is 21.3 Å². The molecule has 0 aliphatic carbocycles. The number of aryl methyl sites for hydroxylation is 1. The van der Waals surface area contributed by atoms with Crippen LogP contribution in [0.25, 0.3) is 55.6 Å². The maximum Gasteiger partial charge on any atom is 0.147 e. The second-order valence-corrected chi connectivity index (χ2v) is 12.9. The Bertz CT molecular complexity index is 2010. The molecule has 0 spiro atoms. The normalized spacial score (nSPS) is 12.0. The molecule has 6 rings (SSSR count). The summed E-state index contributed by atoms with van der Waals surface area (Å²) in [4.78, 5) is 12.4. The first-order valence-electron chi connectivity index (χ1n) is 13.3. The number of H-pyrrole nitrogens is 2.